The van der Waals surface area contributed by atoms with E-state index in [0.29, 0.717) is 6.42 Å². The topological polar surface area (TPSA) is 58.6 Å². The van der Waals surface area contributed by atoms with Gasteiger partial charge in [-0.25, -0.2) is 4.39 Å². The first-order valence-electron chi connectivity index (χ1n) is 5.66. The Labute approximate surface area is 106 Å². The van der Waals surface area contributed by atoms with Crippen LogP contribution in [0.1, 0.15) is 30.6 Å². The van der Waals surface area contributed by atoms with Gasteiger partial charge in [-0.05, 0) is 38.5 Å². The molecule has 18 heavy (non-hydrogen) atoms. The predicted octanol–water partition coefficient (Wildman–Crippen LogP) is 1.73. The van der Waals surface area contributed by atoms with Crippen LogP contribution < -0.4 is 10.1 Å². The zero-order valence-electron chi connectivity index (χ0n) is 10.8. The monoisotopic (exact) mass is 255 g/mol. The first-order chi connectivity index (χ1) is 8.39. The van der Waals surface area contributed by atoms with Crippen LogP contribution in [-0.2, 0) is 0 Å². The van der Waals surface area contributed by atoms with Gasteiger partial charge in [0, 0.05) is 17.7 Å². The lowest BCUT2D eigenvalue weighted by Crippen LogP contribution is -2.44. The van der Waals surface area contributed by atoms with E-state index < -0.39 is 11.4 Å². The maximum Gasteiger partial charge on any atom is 0.251 e. The average molecular weight is 255 g/mol. The highest BCUT2D eigenvalue weighted by Crippen LogP contribution is 2.18. The van der Waals surface area contributed by atoms with E-state index in [1.807, 2.05) is 0 Å². The molecule has 0 saturated carbocycles. The molecule has 1 aromatic carbocycles. The van der Waals surface area contributed by atoms with Crippen LogP contribution >= 0.6 is 0 Å². The molecule has 0 atom stereocenters. The Balaban J connectivity index is 2.82. The van der Waals surface area contributed by atoms with Crippen molar-refractivity contribution < 1.29 is 19.0 Å². The first kappa shape index (κ1) is 14.4. The second kappa shape index (κ2) is 5.82. The van der Waals surface area contributed by atoms with Gasteiger partial charge in [-0.15, -0.1) is 0 Å². The molecule has 0 radical (unpaired) electrons. The van der Waals surface area contributed by atoms with Crippen molar-refractivity contribution in [1.29, 1.82) is 0 Å². The summed E-state index contributed by atoms with van der Waals surface area (Å²) in [6.45, 7) is 3.56. The van der Waals surface area contributed by atoms with Crippen molar-refractivity contribution in [2.24, 2.45) is 0 Å². The molecule has 5 heteroatoms. The maximum absolute atomic E-state index is 13.4. The van der Waals surface area contributed by atoms with Gasteiger partial charge in [0.2, 0.25) is 0 Å². The van der Waals surface area contributed by atoms with E-state index >= 15 is 0 Å². The van der Waals surface area contributed by atoms with Crippen molar-refractivity contribution in [2.75, 3.05) is 13.7 Å². The summed E-state index contributed by atoms with van der Waals surface area (Å²) in [6, 6.07) is 4.03. The summed E-state index contributed by atoms with van der Waals surface area (Å²) in [4.78, 5) is 11.9. The fourth-order valence-corrected chi connectivity index (χ4v) is 1.53. The number of carbonyl (C=O) groups is 1. The third-order valence-electron chi connectivity index (χ3n) is 2.60. The van der Waals surface area contributed by atoms with Gasteiger partial charge in [-0.2, -0.15) is 0 Å². The fraction of sp³-hybridized carbons (Fsp3) is 0.462. The smallest absolute Gasteiger partial charge is 0.251 e. The van der Waals surface area contributed by atoms with E-state index in [0.717, 1.165) is 6.07 Å². The van der Waals surface area contributed by atoms with Crippen molar-refractivity contribution in [1.82, 2.24) is 5.32 Å². The zero-order chi connectivity index (χ0) is 13.8. The molecule has 0 aliphatic rings. The van der Waals surface area contributed by atoms with Crippen LogP contribution in [0.25, 0.3) is 0 Å². The van der Waals surface area contributed by atoms with Crippen molar-refractivity contribution in [3.05, 3.63) is 29.6 Å². The number of aliphatic hydroxyl groups is 1. The minimum Gasteiger partial charge on any atom is -0.494 e. The number of aliphatic hydroxyl groups excluding tert-OH is 1. The van der Waals surface area contributed by atoms with Crippen molar-refractivity contribution in [2.45, 2.75) is 25.8 Å². The average Bonchev–Trinajstić information content (AvgIpc) is 2.28. The van der Waals surface area contributed by atoms with E-state index in [9.17, 15) is 9.18 Å². The molecule has 1 amide bonds. The molecule has 0 unspecified atom stereocenters. The van der Waals surface area contributed by atoms with Crippen molar-refractivity contribution in [3.63, 3.8) is 0 Å². The van der Waals surface area contributed by atoms with Gasteiger partial charge in [0.15, 0.2) is 11.6 Å². The molecule has 1 aromatic rings. The summed E-state index contributed by atoms with van der Waals surface area (Å²) in [5, 5.41) is 11.6. The Hall–Kier alpha value is -1.62. The number of carbonyl (C=O) groups excluding carboxylic acids is 1. The molecule has 0 bridgehead atoms. The van der Waals surface area contributed by atoms with E-state index in [1.54, 1.807) is 13.8 Å². The third kappa shape index (κ3) is 3.70. The number of nitrogens with one attached hydrogen (secondary N) is 1. The number of ether oxygens (including phenoxy) is 1. The second-order valence-corrected chi connectivity index (χ2v) is 4.66. The van der Waals surface area contributed by atoms with E-state index in [2.05, 4.69) is 5.32 Å². The highest BCUT2D eigenvalue weighted by Gasteiger charge is 2.21. The van der Waals surface area contributed by atoms with Crippen LogP contribution in [0, 0.1) is 5.82 Å². The van der Waals surface area contributed by atoms with Gasteiger partial charge in [-0.1, -0.05) is 0 Å². The van der Waals surface area contributed by atoms with Gasteiger partial charge >= 0.3 is 0 Å². The Bertz CT molecular complexity index is 432. The van der Waals surface area contributed by atoms with E-state index in [1.165, 1.54) is 19.2 Å². The van der Waals surface area contributed by atoms with Crippen LogP contribution in [-0.4, -0.2) is 30.3 Å². The van der Waals surface area contributed by atoms with Crippen molar-refractivity contribution in [3.8, 4) is 5.75 Å². The quantitative estimate of drug-likeness (QED) is 0.842. The van der Waals surface area contributed by atoms with Gasteiger partial charge in [0.1, 0.15) is 0 Å². The number of benzene rings is 1. The lowest BCUT2D eigenvalue weighted by atomic mass is 10.0. The molecular formula is C13H18FNO3. The van der Waals surface area contributed by atoms with Gasteiger partial charge in [-0.3, -0.25) is 4.79 Å². The van der Waals surface area contributed by atoms with Crippen LogP contribution in [0.3, 0.4) is 0 Å². The normalized spacial score (nSPS) is 11.2. The molecule has 1 rings (SSSR count). The third-order valence-corrected chi connectivity index (χ3v) is 2.60. The van der Waals surface area contributed by atoms with Crippen molar-refractivity contribution >= 4 is 5.91 Å². The number of hydrogen-bond acceptors (Lipinski definition) is 3. The molecular weight excluding hydrogens is 237 g/mol. The van der Waals surface area contributed by atoms with Crippen LogP contribution in [0.15, 0.2) is 18.2 Å². The van der Waals surface area contributed by atoms with Gasteiger partial charge in [0.25, 0.3) is 5.91 Å². The molecule has 100 valence electrons. The summed E-state index contributed by atoms with van der Waals surface area (Å²) in [5.41, 5.74) is -0.318. The Morgan fingerprint density at radius 1 is 1.50 bits per heavy atom. The summed E-state index contributed by atoms with van der Waals surface area (Å²) in [5.74, 6) is -0.860. The largest absolute Gasteiger partial charge is 0.494 e. The first-order valence-corrected chi connectivity index (χ1v) is 5.66. The lowest BCUT2D eigenvalue weighted by molar-refractivity contribution is 0.0899. The SMILES string of the molecule is COc1ccc(C(=O)NC(C)(C)CCO)cc1F. The number of amides is 1. The zero-order valence-corrected chi connectivity index (χ0v) is 10.8. The summed E-state index contributed by atoms with van der Waals surface area (Å²) in [6.07, 6.45) is 0.428. The number of halogens is 1. The molecule has 0 saturated heterocycles. The predicted molar refractivity (Wildman–Crippen MR) is 66.2 cm³/mol. The fourth-order valence-electron chi connectivity index (χ4n) is 1.53. The highest BCUT2D eigenvalue weighted by molar-refractivity contribution is 5.94. The minimum atomic E-state index is -0.579. The molecule has 0 aromatic heterocycles. The molecule has 0 heterocycles. The van der Waals surface area contributed by atoms with E-state index in [4.69, 9.17) is 9.84 Å². The van der Waals surface area contributed by atoms with Crippen LogP contribution in [0.5, 0.6) is 5.75 Å². The molecule has 4 nitrogen and oxygen atoms in total. The van der Waals surface area contributed by atoms with Gasteiger partial charge < -0.3 is 15.2 Å². The Morgan fingerprint density at radius 3 is 2.67 bits per heavy atom. The Kier molecular flexibility index (Phi) is 4.67. The Morgan fingerprint density at radius 2 is 2.17 bits per heavy atom. The summed E-state index contributed by atoms with van der Waals surface area (Å²) in [7, 11) is 1.36. The number of hydrogen-bond donors (Lipinski definition) is 2. The minimum absolute atomic E-state index is 0.0236. The summed E-state index contributed by atoms with van der Waals surface area (Å²) >= 11 is 0. The van der Waals surface area contributed by atoms with E-state index in [-0.39, 0.29) is 23.8 Å². The molecule has 0 aliphatic carbocycles. The molecule has 0 spiro atoms. The number of methoxy groups -OCH3 is 1. The van der Waals surface area contributed by atoms with Crippen LogP contribution in [0.2, 0.25) is 0 Å². The number of rotatable bonds is 5. The molecule has 0 aliphatic heterocycles. The van der Waals surface area contributed by atoms with Gasteiger partial charge in [0.05, 0.1) is 7.11 Å². The maximum atomic E-state index is 13.4. The second-order valence-electron chi connectivity index (χ2n) is 4.66. The molecule has 0 fully saturated rings. The highest BCUT2D eigenvalue weighted by atomic mass is 19.1. The lowest BCUT2D eigenvalue weighted by Gasteiger charge is -2.25. The standard InChI is InChI=1S/C13H18FNO3/c1-13(2,6-7-16)15-12(17)9-4-5-11(18-3)10(14)8-9/h4-5,8,16H,6-7H2,1-3H3,(H,15,17). The summed E-state index contributed by atoms with van der Waals surface area (Å²) < 4.78 is 18.2. The molecule has 2 N–H and O–H groups in total. The van der Waals surface area contributed by atoms with Crippen LogP contribution in [0.4, 0.5) is 4.39 Å².